The number of likely N-dealkylation sites (tertiary alicyclic amines) is 1. The molecular formula is C43H52ClN11O4S. The minimum Gasteiger partial charge on any atom is -0.371 e. The Labute approximate surface area is 359 Å². The molecule has 0 saturated carbocycles. The highest BCUT2D eigenvalue weighted by Crippen LogP contribution is 2.42. The lowest BCUT2D eigenvalue weighted by atomic mass is 9.77. The van der Waals surface area contributed by atoms with E-state index in [1.54, 1.807) is 17.2 Å². The number of carbonyl (C=O) groups excluding carboxylic acids is 4. The molecule has 0 bridgehead atoms. The number of nitrogens with zero attached hydrogens (tertiary/aromatic N) is 8. The van der Waals surface area contributed by atoms with E-state index in [1.165, 1.54) is 17.8 Å². The molecule has 3 N–H and O–H groups in total. The molecular weight excluding hydrogens is 802 g/mol. The molecule has 4 amide bonds. The molecule has 6 heterocycles. The molecule has 4 saturated heterocycles. The molecule has 8 rings (SSSR count). The van der Waals surface area contributed by atoms with Crippen LogP contribution in [0.2, 0.25) is 5.02 Å². The zero-order valence-electron chi connectivity index (χ0n) is 34.2. The number of hydrogen-bond acceptors (Lipinski definition) is 13. The molecule has 1 spiro atoms. The lowest BCUT2D eigenvalue weighted by molar-refractivity contribution is -0.120. The van der Waals surface area contributed by atoms with Crippen LogP contribution in [0.1, 0.15) is 53.2 Å². The number of thiazole rings is 1. The number of rotatable bonds is 13. The Kier molecular flexibility index (Phi) is 12.6. The van der Waals surface area contributed by atoms with E-state index in [9.17, 15) is 19.2 Å². The second-order valence-electron chi connectivity index (χ2n) is 16.5. The SMILES string of the molecule is Cc1nc(Nc2ncc(C(=O)Nc3c(C)cccc3Cl)s2)cc(N2CCN(CCC(C=O)CN3CCC4(CCN(c5ccc(N6CCC(=O)NC6=O)cc5)CC4)C3)CC2)n1. The molecule has 1 unspecified atom stereocenters. The van der Waals surface area contributed by atoms with Crippen molar-refractivity contribution < 1.29 is 19.2 Å². The van der Waals surface area contributed by atoms with Gasteiger partial charge in [-0.3, -0.25) is 24.7 Å². The summed E-state index contributed by atoms with van der Waals surface area (Å²) in [4.78, 5) is 74.5. The number of urea groups is 1. The van der Waals surface area contributed by atoms with Crippen LogP contribution in [0.25, 0.3) is 0 Å². The molecule has 2 aromatic carbocycles. The molecule has 17 heteroatoms. The summed E-state index contributed by atoms with van der Waals surface area (Å²) in [5.41, 5.74) is 3.72. The highest BCUT2D eigenvalue weighted by Gasteiger charge is 2.41. The van der Waals surface area contributed by atoms with E-state index in [4.69, 9.17) is 16.6 Å². The van der Waals surface area contributed by atoms with Crippen LogP contribution in [0.15, 0.2) is 54.7 Å². The predicted molar refractivity (Wildman–Crippen MR) is 236 cm³/mol. The fraction of sp³-hybridized carbons (Fsp3) is 0.465. The normalized spacial score (nSPS) is 19.1. The first-order valence-corrected chi connectivity index (χ1v) is 22.0. The number of carbonyl (C=O) groups is 4. The van der Waals surface area contributed by atoms with Crippen LogP contribution in [0.3, 0.4) is 0 Å². The smallest absolute Gasteiger partial charge is 0.328 e. The van der Waals surface area contributed by atoms with Gasteiger partial charge in [0.15, 0.2) is 5.13 Å². The maximum absolute atomic E-state index is 13.0. The molecule has 4 aromatic rings. The van der Waals surface area contributed by atoms with Crippen molar-refractivity contribution in [2.24, 2.45) is 11.3 Å². The molecule has 0 radical (unpaired) electrons. The van der Waals surface area contributed by atoms with Gasteiger partial charge in [0.1, 0.15) is 28.6 Å². The van der Waals surface area contributed by atoms with Crippen molar-refractivity contribution in [3.8, 4) is 0 Å². The molecule has 1 atom stereocenters. The second kappa shape index (κ2) is 18.2. The number of aldehydes is 1. The first-order chi connectivity index (χ1) is 29.0. The Balaban J connectivity index is 0.764. The molecule has 0 aliphatic carbocycles. The topological polar surface area (TPSA) is 159 Å². The van der Waals surface area contributed by atoms with Gasteiger partial charge in [0.25, 0.3) is 5.91 Å². The number of aromatic nitrogens is 3. The highest BCUT2D eigenvalue weighted by atomic mass is 35.5. The molecule has 15 nitrogen and oxygen atoms in total. The van der Waals surface area contributed by atoms with Gasteiger partial charge in [0.05, 0.1) is 16.9 Å². The molecule has 316 valence electrons. The van der Waals surface area contributed by atoms with E-state index in [2.05, 4.69) is 57.7 Å². The summed E-state index contributed by atoms with van der Waals surface area (Å²) < 4.78 is 0. The molecule has 60 heavy (non-hydrogen) atoms. The van der Waals surface area contributed by atoms with Crippen molar-refractivity contribution in [2.45, 2.75) is 46.0 Å². The van der Waals surface area contributed by atoms with Crippen molar-refractivity contribution in [1.29, 1.82) is 0 Å². The summed E-state index contributed by atoms with van der Waals surface area (Å²) in [6.07, 6.45) is 7.27. The van der Waals surface area contributed by atoms with Crippen molar-refractivity contribution in [2.75, 3.05) is 97.3 Å². The maximum atomic E-state index is 13.0. The number of nitrogens with one attached hydrogen (secondary N) is 3. The van der Waals surface area contributed by atoms with Gasteiger partial charge in [-0.1, -0.05) is 35.1 Å². The van der Waals surface area contributed by atoms with Gasteiger partial charge in [-0.25, -0.2) is 19.7 Å². The molecule has 4 aliphatic heterocycles. The number of imide groups is 1. The average molecular weight is 854 g/mol. The lowest BCUT2D eigenvalue weighted by Crippen LogP contribution is -2.49. The maximum Gasteiger partial charge on any atom is 0.328 e. The van der Waals surface area contributed by atoms with E-state index < -0.39 is 0 Å². The van der Waals surface area contributed by atoms with Crippen LogP contribution < -0.4 is 30.7 Å². The lowest BCUT2D eigenvalue weighted by Gasteiger charge is -2.40. The van der Waals surface area contributed by atoms with Crippen LogP contribution >= 0.6 is 22.9 Å². The van der Waals surface area contributed by atoms with Gasteiger partial charge in [-0.05, 0) is 93.9 Å². The Morgan fingerprint density at radius 1 is 0.933 bits per heavy atom. The Morgan fingerprint density at radius 3 is 2.42 bits per heavy atom. The number of anilines is 6. The number of para-hydroxylation sites is 1. The summed E-state index contributed by atoms with van der Waals surface area (Å²) in [6, 6.07) is 15.1. The standard InChI is InChI=1S/C43H52ClN11O4S/c1-29-4-3-5-34(44)39(29)50-40(58)35-25-45-41(60-35)48-36-24-37(47-30(2)46-36)54-22-20-51(21-23-54)15-10-31(27-56)26-52-17-12-43(28-52)13-18-53(19-14-43)32-6-8-33(9-7-32)55-16-11-38(57)49-42(55)59/h3-9,24-25,27,31H,10-23,26,28H2,1-2H3,(H,50,58)(H,49,57,59)(H,45,46,47,48). The van der Waals surface area contributed by atoms with E-state index in [0.717, 1.165) is 114 Å². The fourth-order valence-electron chi connectivity index (χ4n) is 8.86. The number of hydrogen-bond donors (Lipinski definition) is 3. The number of benzene rings is 2. The number of piperazine rings is 1. The van der Waals surface area contributed by atoms with Gasteiger partial charge < -0.3 is 30.1 Å². The van der Waals surface area contributed by atoms with E-state index >= 15 is 0 Å². The van der Waals surface area contributed by atoms with Gasteiger partial charge in [0, 0.05) is 88.7 Å². The number of piperidine rings is 1. The first-order valence-electron chi connectivity index (χ1n) is 20.8. The number of amides is 4. The van der Waals surface area contributed by atoms with Gasteiger partial charge >= 0.3 is 6.03 Å². The second-order valence-corrected chi connectivity index (χ2v) is 17.9. The Morgan fingerprint density at radius 2 is 1.68 bits per heavy atom. The third-order valence-electron chi connectivity index (χ3n) is 12.4. The summed E-state index contributed by atoms with van der Waals surface area (Å²) in [5.74, 6) is 1.60. The Bertz CT molecular complexity index is 2180. The summed E-state index contributed by atoms with van der Waals surface area (Å²) >= 11 is 7.55. The minimum absolute atomic E-state index is 0.00717. The van der Waals surface area contributed by atoms with Crippen molar-refractivity contribution >= 4 is 80.9 Å². The van der Waals surface area contributed by atoms with Crippen LogP contribution in [-0.2, 0) is 9.59 Å². The molecule has 4 aliphatic rings. The minimum atomic E-state index is -0.363. The van der Waals surface area contributed by atoms with Crippen molar-refractivity contribution in [3.05, 3.63) is 76.0 Å². The van der Waals surface area contributed by atoms with E-state index in [0.29, 0.717) is 50.7 Å². The summed E-state index contributed by atoms with van der Waals surface area (Å²) in [6.45, 7) is 13.3. The Hall–Kier alpha value is -5.16. The average Bonchev–Trinajstić information content (AvgIpc) is 3.88. The van der Waals surface area contributed by atoms with Crippen LogP contribution in [0.5, 0.6) is 0 Å². The van der Waals surface area contributed by atoms with Crippen LogP contribution in [0, 0.1) is 25.2 Å². The quantitative estimate of drug-likeness (QED) is 0.136. The van der Waals surface area contributed by atoms with E-state index in [-0.39, 0.29) is 23.8 Å². The van der Waals surface area contributed by atoms with Crippen molar-refractivity contribution in [3.63, 3.8) is 0 Å². The number of aryl methyl sites for hydroxylation is 2. The van der Waals surface area contributed by atoms with Crippen LogP contribution in [0.4, 0.5) is 38.6 Å². The van der Waals surface area contributed by atoms with Gasteiger partial charge in [-0.2, -0.15) is 0 Å². The van der Waals surface area contributed by atoms with Crippen molar-refractivity contribution in [1.82, 2.24) is 30.1 Å². The molecule has 2 aromatic heterocycles. The zero-order valence-corrected chi connectivity index (χ0v) is 35.7. The first kappa shape index (κ1) is 41.6. The monoisotopic (exact) mass is 853 g/mol. The zero-order chi connectivity index (χ0) is 41.8. The van der Waals surface area contributed by atoms with Gasteiger partial charge in [0.2, 0.25) is 5.91 Å². The van der Waals surface area contributed by atoms with Crippen LogP contribution in [-0.4, -0.2) is 121 Å². The summed E-state index contributed by atoms with van der Waals surface area (Å²) in [7, 11) is 0. The summed E-state index contributed by atoms with van der Waals surface area (Å²) in [5, 5.41) is 9.58. The third-order valence-corrected chi connectivity index (χ3v) is 13.6. The molecule has 4 fully saturated rings. The predicted octanol–water partition coefficient (Wildman–Crippen LogP) is 5.97. The largest absolute Gasteiger partial charge is 0.371 e. The fourth-order valence-corrected chi connectivity index (χ4v) is 9.85. The van der Waals surface area contributed by atoms with Gasteiger partial charge in [-0.15, -0.1) is 0 Å². The van der Waals surface area contributed by atoms with E-state index in [1.807, 2.05) is 44.2 Å². The number of halogens is 1. The third kappa shape index (κ3) is 9.72. The highest BCUT2D eigenvalue weighted by molar-refractivity contribution is 7.17.